The lowest BCUT2D eigenvalue weighted by Crippen LogP contribution is -2.25. The van der Waals surface area contributed by atoms with E-state index in [9.17, 15) is 9.59 Å². The Kier molecular flexibility index (Phi) is 8.41. The second-order valence-electron chi connectivity index (χ2n) is 7.18. The molecule has 10 nitrogen and oxygen atoms in total. The maximum Gasteiger partial charge on any atom is 0.253 e. The van der Waals surface area contributed by atoms with Gasteiger partial charge < -0.3 is 10.1 Å². The molecule has 186 valence electrons. The monoisotopic (exact) mass is 563 g/mol. The summed E-state index contributed by atoms with van der Waals surface area (Å²) in [5.74, 6) is 0.359. The van der Waals surface area contributed by atoms with Gasteiger partial charge in [-0.3, -0.25) is 19.5 Å². The van der Waals surface area contributed by atoms with Crippen LogP contribution in [-0.2, 0) is 11.3 Å². The molecule has 14 heteroatoms. The fourth-order valence-electron chi connectivity index (χ4n) is 3.12. The normalized spacial score (nSPS) is 10.8. The average Bonchev–Trinajstić information content (AvgIpc) is 3.47. The molecule has 2 amide bonds. The van der Waals surface area contributed by atoms with E-state index in [4.69, 9.17) is 27.9 Å². The molecule has 36 heavy (non-hydrogen) atoms. The van der Waals surface area contributed by atoms with Gasteiger partial charge in [0, 0.05) is 5.02 Å². The lowest BCUT2D eigenvalue weighted by atomic mass is 10.2. The zero-order valence-corrected chi connectivity index (χ0v) is 22.1. The largest absolute Gasteiger partial charge is 0.495 e. The van der Waals surface area contributed by atoms with Crippen LogP contribution in [0.4, 0.5) is 5.13 Å². The number of ether oxygens (including phenoxy) is 1. The summed E-state index contributed by atoms with van der Waals surface area (Å²) >= 11 is 14.6. The number of para-hydroxylation sites is 2. The van der Waals surface area contributed by atoms with Gasteiger partial charge in [-0.15, -0.1) is 20.4 Å². The summed E-state index contributed by atoms with van der Waals surface area (Å²) < 4.78 is 7.24. The van der Waals surface area contributed by atoms with Gasteiger partial charge in [-0.1, -0.05) is 58.4 Å². The van der Waals surface area contributed by atoms with Crippen molar-refractivity contribution in [3.05, 3.63) is 68.9 Å². The number of aryl methyl sites for hydroxylation is 1. The summed E-state index contributed by atoms with van der Waals surface area (Å²) in [4.78, 5) is 25.2. The van der Waals surface area contributed by atoms with Gasteiger partial charge in [-0.2, -0.15) is 0 Å². The highest BCUT2D eigenvalue weighted by atomic mass is 35.5. The number of carbonyl (C=O) groups is 2. The van der Waals surface area contributed by atoms with E-state index >= 15 is 0 Å². The fraction of sp³-hybridized carbons (Fsp3) is 0.182. The molecule has 2 aromatic carbocycles. The summed E-state index contributed by atoms with van der Waals surface area (Å²) in [6.07, 6.45) is 0. The van der Waals surface area contributed by atoms with Crippen LogP contribution < -0.4 is 15.4 Å². The molecule has 4 aromatic rings. The van der Waals surface area contributed by atoms with Gasteiger partial charge >= 0.3 is 0 Å². The van der Waals surface area contributed by atoms with Gasteiger partial charge in [0.05, 0.1) is 35.7 Å². The minimum atomic E-state index is -0.419. The number of amides is 2. The molecule has 0 bridgehead atoms. The lowest BCUT2D eigenvalue weighted by Gasteiger charge is -2.14. The highest BCUT2D eigenvalue weighted by molar-refractivity contribution is 7.99. The number of rotatable bonds is 9. The molecule has 0 radical (unpaired) electrons. The van der Waals surface area contributed by atoms with E-state index in [2.05, 4.69) is 31.0 Å². The number of hydrogen-bond acceptors (Lipinski definition) is 9. The van der Waals surface area contributed by atoms with Crippen molar-refractivity contribution < 1.29 is 14.3 Å². The molecule has 0 aliphatic carbocycles. The minimum absolute atomic E-state index is 0.0313. The number of halogens is 2. The van der Waals surface area contributed by atoms with Crippen LogP contribution in [-0.4, -0.2) is 49.6 Å². The first-order chi connectivity index (χ1) is 17.4. The number of anilines is 1. The number of benzene rings is 2. The molecule has 0 unspecified atom stereocenters. The Balaban J connectivity index is 1.56. The van der Waals surface area contributed by atoms with Gasteiger partial charge in [-0.05, 0) is 37.3 Å². The van der Waals surface area contributed by atoms with Crippen LogP contribution in [0, 0.1) is 6.92 Å². The Labute approximate surface area is 224 Å². The van der Waals surface area contributed by atoms with Gasteiger partial charge in [0.1, 0.15) is 10.8 Å². The van der Waals surface area contributed by atoms with E-state index in [1.807, 2.05) is 18.2 Å². The maximum atomic E-state index is 12.8. The first-order valence-corrected chi connectivity index (χ1v) is 12.9. The average molecular weight is 564 g/mol. The third kappa shape index (κ3) is 6.13. The molecule has 0 fully saturated rings. The Morgan fingerprint density at radius 1 is 1.11 bits per heavy atom. The second-order valence-corrected chi connectivity index (χ2v) is 10.1. The number of methoxy groups -OCH3 is 1. The molecule has 0 atom stereocenters. The van der Waals surface area contributed by atoms with Gasteiger partial charge in [0.15, 0.2) is 11.0 Å². The third-order valence-corrected chi connectivity index (χ3v) is 6.96. The molecular formula is C22H19Cl2N7O3S2. The molecule has 0 saturated heterocycles. The Morgan fingerprint density at radius 3 is 2.67 bits per heavy atom. The molecule has 0 aliphatic rings. The van der Waals surface area contributed by atoms with E-state index in [1.165, 1.54) is 29.2 Å². The molecule has 0 spiro atoms. The van der Waals surface area contributed by atoms with E-state index in [0.29, 0.717) is 32.6 Å². The van der Waals surface area contributed by atoms with E-state index < -0.39 is 5.91 Å². The molecule has 0 aliphatic heterocycles. The Hall–Kier alpha value is -3.19. The van der Waals surface area contributed by atoms with Gasteiger partial charge in [0.25, 0.3) is 5.91 Å². The summed E-state index contributed by atoms with van der Waals surface area (Å²) in [6, 6.07) is 11.9. The summed E-state index contributed by atoms with van der Waals surface area (Å²) in [7, 11) is 1.55. The van der Waals surface area contributed by atoms with E-state index in [0.717, 1.165) is 5.01 Å². The van der Waals surface area contributed by atoms with Gasteiger partial charge in [-0.25, -0.2) is 0 Å². The molecular weight excluding hydrogens is 545 g/mol. The standard InChI is InChI=1S/C22H19Cl2N7O3S2/c1-12-27-29-21(36-12)26-19(32)11-35-22-30-28-18(31(22)16-5-3-4-6-17(16)34-2)10-25-20(33)14-9-13(23)7-8-15(14)24/h3-9H,10-11H2,1-2H3,(H,25,33)(H,26,29,32). The zero-order valence-electron chi connectivity index (χ0n) is 19.0. The van der Waals surface area contributed by atoms with Crippen LogP contribution in [0.1, 0.15) is 21.2 Å². The summed E-state index contributed by atoms with van der Waals surface area (Å²) in [5, 5.41) is 24.1. The molecule has 2 N–H and O–H groups in total. The van der Waals surface area contributed by atoms with Crippen LogP contribution >= 0.6 is 46.3 Å². The zero-order chi connectivity index (χ0) is 25.7. The number of hydrogen-bond donors (Lipinski definition) is 2. The maximum absolute atomic E-state index is 12.8. The smallest absolute Gasteiger partial charge is 0.253 e. The Bertz CT molecular complexity index is 1410. The van der Waals surface area contributed by atoms with Crippen molar-refractivity contribution in [3.8, 4) is 11.4 Å². The van der Waals surface area contributed by atoms with Crippen molar-refractivity contribution in [2.45, 2.75) is 18.6 Å². The van der Waals surface area contributed by atoms with Crippen molar-refractivity contribution in [2.24, 2.45) is 0 Å². The van der Waals surface area contributed by atoms with Crippen LogP contribution in [0.2, 0.25) is 10.0 Å². The van der Waals surface area contributed by atoms with Crippen molar-refractivity contribution in [1.82, 2.24) is 30.3 Å². The van der Waals surface area contributed by atoms with Crippen LogP contribution in [0.5, 0.6) is 5.75 Å². The number of carbonyl (C=O) groups excluding carboxylic acids is 2. The van der Waals surface area contributed by atoms with Crippen molar-refractivity contribution in [1.29, 1.82) is 0 Å². The highest BCUT2D eigenvalue weighted by Crippen LogP contribution is 2.29. The molecule has 4 rings (SSSR count). The predicted molar refractivity (Wildman–Crippen MR) is 140 cm³/mol. The predicted octanol–water partition coefficient (Wildman–Crippen LogP) is 4.40. The van der Waals surface area contributed by atoms with Crippen LogP contribution in [0.25, 0.3) is 5.69 Å². The number of thioether (sulfide) groups is 1. The molecule has 2 heterocycles. The number of aromatic nitrogens is 5. The third-order valence-electron chi connectivity index (χ3n) is 4.71. The van der Waals surface area contributed by atoms with E-state index in [1.54, 1.807) is 36.8 Å². The van der Waals surface area contributed by atoms with Crippen molar-refractivity contribution in [2.75, 3.05) is 18.2 Å². The highest BCUT2D eigenvalue weighted by Gasteiger charge is 2.20. The lowest BCUT2D eigenvalue weighted by molar-refractivity contribution is -0.113. The van der Waals surface area contributed by atoms with E-state index in [-0.39, 0.29) is 28.8 Å². The minimum Gasteiger partial charge on any atom is -0.495 e. The first kappa shape index (κ1) is 25.9. The van der Waals surface area contributed by atoms with Gasteiger partial charge in [0.2, 0.25) is 11.0 Å². The first-order valence-electron chi connectivity index (χ1n) is 10.4. The summed E-state index contributed by atoms with van der Waals surface area (Å²) in [6.45, 7) is 1.84. The Morgan fingerprint density at radius 2 is 1.92 bits per heavy atom. The fourth-order valence-corrected chi connectivity index (χ4v) is 4.87. The van der Waals surface area contributed by atoms with Crippen molar-refractivity contribution >= 4 is 63.2 Å². The second kappa shape index (κ2) is 11.7. The number of nitrogens with zero attached hydrogens (tertiary/aromatic N) is 5. The SMILES string of the molecule is COc1ccccc1-n1c(CNC(=O)c2cc(Cl)ccc2Cl)nnc1SCC(=O)Nc1nnc(C)s1. The van der Waals surface area contributed by atoms with Crippen LogP contribution in [0.15, 0.2) is 47.6 Å². The number of nitrogens with one attached hydrogen (secondary N) is 2. The quantitative estimate of drug-likeness (QED) is 0.287. The van der Waals surface area contributed by atoms with Crippen LogP contribution in [0.3, 0.4) is 0 Å². The topological polar surface area (TPSA) is 124 Å². The molecule has 0 saturated carbocycles. The molecule has 2 aromatic heterocycles. The summed E-state index contributed by atoms with van der Waals surface area (Å²) in [5.41, 5.74) is 0.892. The van der Waals surface area contributed by atoms with Crippen molar-refractivity contribution in [3.63, 3.8) is 0 Å².